The molecule has 5 nitrogen and oxygen atoms in total. The van der Waals surface area contributed by atoms with Gasteiger partial charge in [0.15, 0.2) is 0 Å². The second-order valence-corrected chi connectivity index (χ2v) is 6.66. The van der Waals surface area contributed by atoms with Crippen LogP contribution in [0.5, 0.6) is 0 Å². The average molecular weight is 335 g/mol. The van der Waals surface area contributed by atoms with Gasteiger partial charge in [0.25, 0.3) is 0 Å². The lowest BCUT2D eigenvalue weighted by atomic mass is 10.3. The molecule has 0 unspecified atom stereocenters. The van der Waals surface area contributed by atoms with Crippen LogP contribution in [-0.2, 0) is 0 Å². The fraction of sp³-hybridized carbons (Fsp3) is 0.222. The van der Waals surface area contributed by atoms with Crippen LogP contribution in [0.4, 0.5) is 0 Å². The van der Waals surface area contributed by atoms with E-state index in [2.05, 4.69) is 25.1 Å². The summed E-state index contributed by atoms with van der Waals surface area (Å²) in [6.07, 6.45) is 9.76. The molecule has 0 atom stereocenters. The number of hydrogen-bond acceptors (Lipinski definition) is 6. The first-order valence-electron chi connectivity index (χ1n) is 8.01. The van der Waals surface area contributed by atoms with Gasteiger partial charge in [0.2, 0.25) is 0 Å². The van der Waals surface area contributed by atoms with E-state index in [0.717, 1.165) is 39.9 Å². The van der Waals surface area contributed by atoms with Crippen LogP contribution in [0.25, 0.3) is 21.1 Å². The van der Waals surface area contributed by atoms with Crippen molar-refractivity contribution in [3.05, 3.63) is 54.6 Å². The molecule has 1 aliphatic heterocycles. The van der Waals surface area contributed by atoms with Crippen LogP contribution in [0.15, 0.2) is 54.0 Å². The molecule has 0 bridgehead atoms. The predicted octanol–water partition coefficient (Wildman–Crippen LogP) is 3.70. The first-order valence-corrected chi connectivity index (χ1v) is 8.83. The molecule has 0 N–H and O–H groups in total. The molecular formula is C18H17N5S. The number of rotatable bonds is 4. The van der Waals surface area contributed by atoms with E-state index in [4.69, 9.17) is 0 Å². The van der Waals surface area contributed by atoms with E-state index in [0.29, 0.717) is 0 Å². The van der Waals surface area contributed by atoms with Gasteiger partial charge in [0.05, 0.1) is 22.5 Å². The summed E-state index contributed by atoms with van der Waals surface area (Å²) in [6, 6.07) is 9.93. The Balaban J connectivity index is 1.56. The maximum absolute atomic E-state index is 4.69. The molecule has 6 heteroatoms. The van der Waals surface area contributed by atoms with Gasteiger partial charge < -0.3 is 0 Å². The highest BCUT2D eigenvalue weighted by atomic mass is 32.1. The van der Waals surface area contributed by atoms with Crippen molar-refractivity contribution in [3.8, 4) is 21.1 Å². The lowest BCUT2D eigenvalue weighted by molar-refractivity contribution is 0.362. The number of pyridine rings is 2. The molecule has 120 valence electrons. The third-order valence-corrected chi connectivity index (χ3v) is 4.94. The molecule has 0 amide bonds. The lowest BCUT2D eigenvalue weighted by Gasteiger charge is -2.08. The van der Waals surface area contributed by atoms with Gasteiger partial charge in [-0.25, -0.2) is 9.97 Å². The summed E-state index contributed by atoms with van der Waals surface area (Å²) in [7, 11) is 0. The Hall–Kier alpha value is -2.60. The van der Waals surface area contributed by atoms with E-state index < -0.39 is 0 Å². The fourth-order valence-electron chi connectivity index (χ4n) is 2.63. The smallest absolute Gasteiger partial charge is 0.125 e. The van der Waals surface area contributed by atoms with Crippen molar-refractivity contribution in [2.45, 2.75) is 12.8 Å². The van der Waals surface area contributed by atoms with E-state index in [1.165, 1.54) is 12.8 Å². The number of hydrazone groups is 1. The van der Waals surface area contributed by atoms with E-state index in [1.54, 1.807) is 17.5 Å². The minimum Gasteiger partial charge on any atom is -0.297 e. The third kappa shape index (κ3) is 3.33. The van der Waals surface area contributed by atoms with Crippen LogP contribution < -0.4 is 0 Å². The van der Waals surface area contributed by atoms with Crippen LogP contribution in [0.2, 0.25) is 0 Å². The van der Waals surface area contributed by atoms with Gasteiger partial charge in [-0.05, 0) is 37.1 Å². The van der Waals surface area contributed by atoms with Gasteiger partial charge in [-0.15, -0.1) is 11.3 Å². The van der Waals surface area contributed by atoms with Crippen molar-refractivity contribution in [2.24, 2.45) is 5.10 Å². The molecule has 1 aliphatic rings. The summed E-state index contributed by atoms with van der Waals surface area (Å²) in [5, 5.41) is 7.56. The Kier molecular flexibility index (Phi) is 4.29. The molecular weight excluding hydrogens is 318 g/mol. The third-order valence-electron chi connectivity index (χ3n) is 3.87. The summed E-state index contributed by atoms with van der Waals surface area (Å²) in [4.78, 5) is 14.4. The summed E-state index contributed by atoms with van der Waals surface area (Å²) in [5.41, 5.74) is 2.82. The Bertz CT molecular complexity index is 837. The zero-order chi connectivity index (χ0) is 16.2. The van der Waals surface area contributed by atoms with E-state index in [-0.39, 0.29) is 0 Å². The van der Waals surface area contributed by atoms with Gasteiger partial charge in [-0.2, -0.15) is 5.10 Å². The van der Waals surface area contributed by atoms with Crippen LogP contribution in [0.1, 0.15) is 18.5 Å². The van der Waals surface area contributed by atoms with E-state index in [9.17, 15) is 0 Å². The Morgan fingerprint density at radius 3 is 2.83 bits per heavy atom. The first kappa shape index (κ1) is 15.0. The normalized spacial score (nSPS) is 14.6. The number of hydrogen-bond donors (Lipinski definition) is 0. The van der Waals surface area contributed by atoms with Gasteiger partial charge >= 0.3 is 0 Å². The van der Waals surface area contributed by atoms with Gasteiger partial charge in [0.1, 0.15) is 5.01 Å². The molecule has 3 aromatic rings. The Morgan fingerprint density at radius 2 is 2.00 bits per heavy atom. The predicted molar refractivity (Wildman–Crippen MR) is 97.0 cm³/mol. The summed E-state index contributed by atoms with van der Waals surface area (Å²) in [5.74, 6) is 0. The molecule has 24 heavy (non-hydrogen) atoms. The van der Waals surface area contributed by atoms with Gasteiger partial charge in [-0.1, -0.05) is 6.07 Å². The second-order valence-electron chi connectivity index (χ2n) is 5.62. The summed E-state index contributed by atoms with van der Waals surface area (Å²) < 4.78 is 0. The van der Waals surface area contributed by atoms with Crippen LogP contribution in [-0.4, -0.2) is 39.3 Å². The molecule has 0 aliphatic carbocycles. The maximum atomic E-state index is 4.69. The minimum absolute atomic E-state index is 0.871. The molecule has 1 fully saturated rings. The van der Waals surface area contributed by atoms with Gasteiger partial charge in [0, 0.05) is 37.2 Å². The molecule has 0 spiro atoms. The number of thiazole rings is 1. The van der Waals surface area contributed by atoms with Crippen molar-refractivity contribution >= 4 is 17.6 Å². The molecule has 4 heterocycles. The zero-order valence-corrected chi connectivity index (χ0v) is 14.0. The number of aromatic nitrogens is 3. The highest BCUT2D eigenvalue weighted by Crippen LogP contribution is 2.30. The van der Waals surface area contributed by atoms with Crippen molar-refractivity contribution in [3.63, 3.8) is 0 Å². The van der Waals surface area contributed by atoms with Crippen molar-refractivity contribution in [1.82, 2.24) is 20.0 Å². The van der Waals surface area contributed by atoms with E-state index >= 15 is 0 Å². The highest BCUT2D eigenvalue weighted by Gasteiger charge is 2.09. The quantitative estimate of drug-likeness (QED) is 0.682. The monoisotopic (exact) mass is 335 g/mol. The van der Waals surface area contributed by atoms with Crippen molar-refractivity contribution in [2.75, 3.05) is 13.1 Å². The van der Waals surface area contributed by atoms with Crippen LogP contribution >= 0.6 is 11.3 Å². The molecule has 3 aromatic heterocycles. The SMILES string of the molecule is C(=N\N1CCCC1)/c1cccc(-c2cnc(-c3cccnc3)s2)n1. The van der Waals surface area contributed by atoms with Gasteiger partial charge in [-0.3, -0.25) is 9.99 Å². The zero-order valence-electron chi connectivity index (χ0n) is 13.2. The average Bonchev–Trinajstić information content (AvgIpc) is 3.33. The summed E-state index contributed by atoms with van der Waals surface area (Å²) in [6.45, 7) is 2.08. The topological polar surface area (TPSA) is 54.3 Å². The first-order chi connectivity index (χ1) is 11.9. The fourth-order valence-corrected chi connectivity index (χ4v) is 3.51. The Morgan fingerprint density at radius 1 is 1.08 bits per heavy atom. The van der Waals surface area contributed by atoms with Crippen molar-refractivity contribution < 1.29 is 0 Å². The highest BCUT2D eigenvalue weighted by molar-refractivity contribution is 7.18. The second kappa shape index (κ2) is 6.88. The van der Waals surface area contributed by atoms with E-state index in [1.807, 2.05) is 48.9 Å². The number of nitrogens with zero attached hydrogens (tertiary/aromatic N) is 5. The molecule has 4 rings (SSSR count). The van der Waals surface area contributed by atoms with Crippen molar-refractivity contribution in [1.29, 1.82) is 0 Å². The molecule has 1 saturated heterocycles. The van der Waals surface area contributed by atoms with Crippen LogP contribution in [0, 0.1) is 0 Å². The molecule has 0 radical (unpaired) electrons. The van der Waals surface area contributed by atoms with Crippen LogP contribution in [0.3, 0.4) is 0 Å². The molecule has 0 aromatic carbocycles. The largest absolute Gasteiger partial charge is 0.297 e. The standard InChI is InChI=1S/C18H17N5S/c1-2-10-23(9-1)21-12-15-6-3-7-16(22-15)17-13-20-18(24-17)14-5-4-8-19-11-14/h3-8,11-13H,1-2,9-10H2/b21-12+. The minimum atomic E-state index is 0.871. The summed E-state index contributed by atoms with van der Waals surface area (Å²) >= 11 is 1.62. The Labute approximate surface area is 144 Å². The maximum Gasteiger partial charge on any atom is 0.125 e. The molecule has 0 saturated carbocycles. The lowest BCUT2D eigenvalue weighted by Crippen LogP contribution is -2.11.